The highest BCUT2D eigenvalue weighted by Gasteiger charge is 2.54. The standard InChI is InChI=1S/C88H50N4O4/c1-3-17-53(18-4-1)75-48-76(92-86(91-75)54-19-5-2-6-20-54)56-35-38-63-65-45-82-84(47-74(65)87(71(63)41-56)67-25-11-7-21-59(67)60-22-8-12-26-68(60)87)96-80-43-55(37-40-79(80)95-82)51-31-33-52(34-32-51)58-49-89-85(90-50-58)57-36-39-64-66-44-81-83(94-78-30-16-15-29-77(78)93-81)46-73(66)88(72(64)42-57)69-27-13-9-23-61(69)62-24-10-14-28-70(62)88/h1-50H. The minimum absolute atomic E-state index is 0.616. The van der Waals surface area contributed by atoms with Crippen molar-refractivity contribution in [1.82, 2.24) is 19.9 Å². The lowest BCUT2D eigenvalue weighted by molar-refractivity contribution is 0.359. The van der Waals surface area contributed by atoms with Gasteiger partial charge in [-0.2, -0.15) is 0 Å². The summed E-state index contributed by atoms with van der Waals surface area (Å²) in [6.07, 6.45) is 3.86. The summed E-state index contributed by atoms with van der Waals surface area (Å²) in [4.78, 5) is 20.6. The van der Waals surface area contributed by atoms with Crippen LogP contribution in [0.2, 0.25) is 0 Å². The smallest absolute Gasteiger partial charge is 0.170 e. The largest absolute Gasteiger partial charge is 0.450 e. The third-order valence-corrected chi connectivity index (χ3v) is 20.6. The Hall–Kier alpha value is -12.8. The van der Waals surface area contributed by atoms with Crippen LogP contribution in [-0.4, -0.2) is 19.9 Å². The fourth-order valence-corrected chi connectivity index (χ4v) is 16.4. The summed E-state index contributed by atoms with van der Waals surface area (Å²) in [5, 5.41) is 0. The van der Waals surface area contributed by atoms with Gasteiger partial charge in [0.25, 0.3) is 0 Å². The fraction of sp³-hybridized carbons (Fsp3) is 0.0227. The zero-order valence-electron chi connectivity index (χ0n) is 51.3. The maximum absolute atomic E-state index is 7.05. The molecule has 0 saturated heterocycles. The number of nitrogens with zero attached hydrogens (tertiary/aromatic N) is 4. The van der Waals surface area contributed by atoms with Crippen LogP contribution < -0.4 is 18.9 Å². The average molecular weight is 1230 g/mol. The SMILES string of the molecule is c1ccc(-c2cc(-c3ccc4c(c3)C3(c5ccccc5-c5ccccc53)c3cc5c(cc3-4)Oc3ccc(-c4ccc(-c6cnc(-c7ccc8c(c7)C7(c9ccccc9-c9ccccc97)c7cc9c(cc7-8)Oc7ccccc7O9)nc6)cc4)cc3O5)nc(-c3ccccc3)n2)cc1. The number of fused-ring (bicyclic) bond motifs is 24. The lowest BCUT2D eigenvalue weighted by Gasteiger charge is -2.31. The van der Waals surface area contributed by atoms with Gasteiger partial charge in [-0.05, 0) is 172 Å². The second-order valence-corrected chi connectivity index (χ2v) is 25.5. The van der Waals surface area contributed by atoms with Crippen LogP contribution in [0.5, 0.6) is 46.0 Å². The number of para-hydroxylation sites is 2. The molecule has 2 aromatic heterocycles. The van der Waals surface area contributed by atoms with Crippen LogP contribution in [0.1, 0.15) is 44.5 Å². The summed E-state index contributed by atoms with van der Waals surface area (Å²) in [6, 6.07) is 103. The molecule has 13 aromatic carbocycles. The van der Waals surface area contributed by atoms with Gasteiger partial charge in [0.05, 0.1) is 22.2 Å². The first-order valence-electron chi connectivity index (χ1n) is 32.4. The fourth-order valence-electron chi connectivity index (χ4n) is 16.4. The summed E-state index contributed by atoms with van der Waals surface area (Å²) >= 11 is 0. The minimum atomic E-state index is -0.672. The van der Waals surface area contributed by atoms with Crippen LogP contribution in [0.3, 0.4) is 0 Å². The third kappa shape index (κ3) is 7.43. The van der Waals surface area contributed by atoms with Gasteiger partial charge >= 0.3 is 0 Å². The van der Waals surface area contributed by atoms with Gasteiger partial charge in [0.1, 0.15) is 0 Å². The van der Waals surface area contributed by atoms with Crippen molar-refractivity contribution in [2.45, 2.75) is 10.8 Å². The molecule has 6 aliphatic rings. The van der Waals surface area contributed by atoms with Gasteiger partial charge in [0, 0.05) is 40.2 Å². The molecule has 2 aliphatic heterocycles. The summed E-state index contributed by atoms with van der Waals surface area (Å²) in [5.74, 6) is 6.76. The van der Waals surface area contributed by atoms with E-state index >= 15 is 0 Å². The van der Waals surface area contributed by atoms with Crippen molar-refractivity contribution < 1.29 is 18.9 Å². The minimum Gasteiger partial charge on any atom is -0.450 e. The molecule has 0 atom stereocenters. The first-order valence-corrected chi connectivity index (χ1v) is 32.4. The quantitative estimate of drug-likeness (QED) is 0.163. The Balaban J connectivity index is 0.603. The molecule has 21 rings (SSSR count). The Morgan fingerprint density at radius 1 is 0.198 bits per heavy atom. The van der Waals surface area contributed by atoms with E-state index in [-0.39, 0.29) is 0 Å². The van der Waals surface area contributed by atoms with E-state index in [2.05, 4.69) is 237 Å². The second-order valence-electron chi connectivity index (χ2n) is 25.5. The van der Waals surface area contributed by atoms with E-state index in [1.54, 1.807) is 0 Å². The Morgan fingerprint density at radius 3 is 1.09 bits per heavy atom. The average Bonchev–Trinajstić information content (AvgIpc) is 1.51. The molecule has 0 N–H and O–H groups in total. The molecule has 4 aliphatic carbocycles. The van der Waals surface area contributed by atoms with Gasteiger partial charge < -0.3 is 18.9 Å². The lowest BCUT2D eigenvalue weighted by Crippen LogP contribution is -2.26. The summed E-state index contributed by atoms with van der Waals surface area (Å²) in [6.45, 7) is 0. The molecule has 0 amide bonds. The van der Waals surface area contributed by atoms with Crippen molar-refractivity contribution in [3.8, 4) is 158 Å². The number of hydrogen-bond donors (Lipinski definition) is 0. The lowest BCUT2D eigenvalue weighted by atomic mass is 9.70. The summed E-state index contributed by atoms with van der Waals surface area (Å²) in [5.41, 5.74) is 27.3. The first-order chi connectivity index (χ1) is 47.5. The van der Waals surface area contributed by atoms with Crippen molar-refractivity contribution in [1.29, 1.82) is 0 Å². The molecule has 2 spiro atoms. The maximum Gasteiger partial charge on any atom is 0.170 e. The number of benzene rings is 13. The first kappa shape index (κ1) is 52.8. The van der Waals surface area contributed by atoms with Crippen molar-refractivity contribution in [3.05, 3.63) is 348 Å². The molecule has 0 radical (unpaired) electrons. The van der Waals surface area contributed by atoms with Crippen molar-refractivity contribution in [2.24, 2.45) is 0 Å². The molecule has 15 aromatic rings. The van der Waals surface area contributed by atoms with E-state index in [1.165, 1.54) is 55.6 Å². The number of rotatable bonds is 6. The molecule has 4 heterocycles. The second kappa shape index (κ2) is 19.9. The van der Waals surface area contributed by atoms with E-state index in [9.17, 15) is 0 Å². The Bertz CT molecular complexity index is 5700. The summed E-state index contributed by atoms with van der Waals surface area (Å²) < 4.78 is 27.1. The van der Waals surface area contributed by atoms with E-state index in [0.29, 0.717) is 57.6 Å². The number of hydrogen-bond acceptors (Lipinski definition) is 8. The normalized spacial score (nSPS) is 13.9. The van der Waals surface area contributed by atoms with E-state index < -0.39 is 10.8 Å². The Morgan fingerprint density at radius 2 is 0.562 bits per heavy atom. The highest BCUT2D eigenvalue weighted by molar-refractivity contribution is 5.99. The molecule has 446 valence electrons. The van der Waals surface area contributed by atoms with Crippen molar-refractivity contribution >= 4 is 0 Å². The predicted octanol–water partition coefficient (Wildman–Crippen LogP) is 21.8. The molecule has 0 fully saturated rings. The Labute approximate surface area is 552 Å². The van der Waals surface area contributed by atoms with Crippen LogP contribution in [0.15, 0.2) is 304 Å². The highest BCUT2D eigenvalue weighted by Crippen LogP contribution is 2.67. The zero-order chi connectivity index (χ0) is 62.8. The molecule has 96 heavy (non-hydrogen) atoms. The number of ether oxygens (including phenoxy) is 4. The predicted molar refractivity (Wildman–Crippen MR) is 376 cm³/mol. The van der Waals surface area contributed by atoms with E-state index in [4.69, 9.17) is 38.9 Å². The maximum atomic E-state index is 7.05. The van der Waals surface area contributed by atoms with Gasteiger partial charge in [-0.1, -0.05) is 224 Å². The molecular weight excluding hydrogens is 1180 g/mol. The Kier molecular flexibility index (Phi) is 10.9. The van der Waals surface area contributed by atoms with Crippen LogP contribution >= 0.6 is 0 Å². The van der Waals surface area contributed by atoms with Crippen LogP contribution in [0.25, 0.3) is 112 Å². The zero-order valence-corrected chi connectivity index (χ0v) is 51.3. The van der Waals surface area contributed by atoms with E-state index in [1.807, 2.05) is 67.0 Å². The molecular formula is C88H50N4O4. The molecule has 8 nitrogen and oxygen atoms in total. The van der Waals surface area contributed by atoms with Crippen LogP contribution in [-0.2, 0) is 10.8 Å². The monoisotopic (exact) mass is 1230 g/mol. The third-order valence-electron chi connectivity index (χ3n) is 20.6. The van der Waals surface area contributed by atoms with Crippen LogP contribution in [0.4, 0.5) is 0 Å². The van der Waals surface area contributed by atoms with Crippen molar-refractivity contribution in [3.63, 3.8) is 0 Å². The van der Waals surface area contributed by atoms with Gasteiger partial charge in [-0.3, -0.25) is 0 Å². The highest BCUT2D eigenvalue weighted by atomic mass is 16.6. The molecule has 8 heteroatoms. The topological polar surface area (TPSA) is 88.5 Å². The van der Waals surface area contributed by atoms with Crippen molar-refractivity contribution in [2.75, 3.05) is 0 Å². The summed E-state index contributed by atoms with van der Waals surface area (Å²) in [7, 11) is 0. The van der Waals surface area contributed by atoms with Gasteiger partial charge in [-0.15, -0.1) is 0 Å². The van der Waals surface area contributed by atoms with Gasteiger partial charge in [0.2, 0.25) is 0 Å². The van der Waals surface area contributed by atoms with Crippen LogP contribution in [0, 0.1) is 0 Å². The number of aromatic nitrogens is 4. The van der Waals surface area contributed by atoms with Gasteiger partial charge in [-0.25, -0.2) is 19.9 Å². The van der Waals surface area contributed by atoms with Gasteiger partial charge in [0.15, 0.2) is 57.6 Å². The van der Waals surface area contributed by atoms with E-state index in [0.717, 1.165) is 89.3 Å². The molecule has 0 unspecified atom stereocenters. The molecule has 0 saturated carbocycles. The molecule has 0 bridgehead atoms.